The van der Waals surface area contributed by atoms with Crippen LogP contribution in [0.1, 0.15) is 79.1 Å². The molecule has 4 aliphatic heterocycles. The number of allylic oxidation sites excluding steroid dienone is 12. The quantitative estimate of drug-likeness (QED) is 0.0983. The average Bonchev–Trinajstić information content (AvgIpc) is 3.71. The fourth-order valence-corrected chi connectivity index (χ4v) is 9.91. The molecule has 424 valence electrons. The van der Waals surface area contributed by atoms with Crippen molar-refractivity contribution in [3.8, 4) is 0 Å². The van der Waals surface area contributed by atoms with Crippen LogP contribution in [0.25, 0.3) is 0 Å². The molecule has 0 aromatic carbocycles. The third kappa shape index (κ3) is 21.4. The number of carbonyl (C=O) groups is 3. The highest BCUT2D eigenvalue weighted by atomic mass is 28.3. The Kier molecular flexibility index (Phi) is 26.0. The minimum atomic E-state index is -1.60. The molecule has 3 saturated heterocycles. The Morgan fingerprint density at radius 2 is 1.32 bits per heavy atom. The third-order valence-electron chi connectivity index (χ3n) is 13.9. The SMILES string of the molecule is COC12CC(O)CC(O)C(O)CCC(O)CC(O)CC(=O)OC(C)C(C)C(O)C(C)/C=C/C=C/C=C/C=C/C=C/C=C/C=C/C(OC3OC(C)C(O)C(NC(=O)OCC[Si](C)(C)C)C3O)CC(O1)C1NC(=O)OC1C2. The maximum Gasteiger partial charge on any atom is 0.407 e. The van der Waals surface area contributed by atoms with E-state index in [1.54, 1.807) is 51.2 Å². The number of amides is 2. The minimum absolute atomic E-state index is 0.0231. The van der Waals surface area contributed by atoms with Crippen molar-refractivity contribution in [1.82, 2.24) is 10.6 Å². The lowest BCUT2D eigenvalue weighted by Crippen LogP contribution is -2.64. The van der Waals surface area contributed by atoms with Gasteiger partial charge in [-0.15, -0.1) is 0 Å². The lowest BCUT2D eigenvalue weighted by atomic mass is 9.87. The molecule has 4 rings (SSSR count). The molecule has 0 aliphatic carbocycles. The second kappa shape index (κ2) is 30.8. The third-order valence-corrected chi connectivity index (χ3v) is 15.6. The molecular weight excluding hydrogens is 993 g/mol. The molecule has 2 bridgehead atoms. The Morgan fingerprint density at radius 1 is 0.707 bits per heavy atom. The minimum Gasteiger partial charge on any atom is -0.462 e. The van der Waals surface area contributed by atoms with Crippen molar-refractivity contribution in [1.29, 1.82) is 0 Å². The van der Waals surface area contributed by atoms with Crippen molar-refractivity contribution < 1.29 is 88.4 Å². The van der Waals surface area contributed by atoms with Crippen molar-refractivity contribution in [2.45, 2.75) is 208 Å². The number of aliphatic hydroxyl groups excluding tert-OH is 8. The van der Waals surface area contributed by atoms with E-state index in [-0.39, 0.29) is 57.5 Å². The Hall–Kier alpha value is -4.07. The van der Waals surface area contributed by atoms with Gasteiger partial charge in [-0.3, -0.25) is 4.79 Å². The molecular formula is C54H86N2O18Si. The molecule has 4 heterocycles. The fourth-order valence-electron chi connectivity index (χ4n) is 9.19. The van der Waals surface area contributed by atoms with Crippen LogP contribution in [0, 0.1) is 11.8 Å². The number of aliphatic hydroxyl groups is 8. The Morgan fingerprint density at radius 3 is 1.93 bits per heavy atom. The molecule has 0 aromatic heterocycles. The first-order valence-electron chi connectivity index (χ1n) is 26.2. The van der Waals surface area contributed by atoms with Gasteiger partial charge in [0.2, 0.25) is 0 Å². The molecule has 20 nitrogen and oxygen atoms in total. The first-order valence-corrected chi connectivity index (χ1v) is 29.9. The normalized spacial score (nSPS) is 41.7. The highest BCUT2D eigenvalue weighted by Gasteiger charge is 2.54. The highest BCUT2D eigenvalue weighted by molar-refractivity contribution is 6.76. The van der Waals surface area contributed by atoms with Crippen LogP contribution in [0.15, 0.2) is 85.1 Å². The summed E-state index contributed by atoms with van der Waals surface area (Å²) in [4.78, 5) is 38.4. The summed E-state index contributed by atoms with van der Waals surface area (Å²) in [7, 11) is -0.177. The van der Waals surface area contributed by atoms with Gasteiger partial charge < -0.3 is 84.6 Å². The van der Waals surface area contributed by atoms with Crippen LogP contribution in [-0.2, 0) is 38.0 Å². The summed E-state index contributed by atoms with van der Waals surface area (Å²) in [6.07, 6.45) is 6.05. The Bertz CT molecular complexity index is 1990. The zero-order valence-electron chi connectivity index (χ0n) is 44.7. The number of esters is 1. The standard InChI is InChI=1S/C54H86N2O18Si/c1-33-21-19-17-15-13-11-9-10-12-14-16-18-20-22-40(72-51-50(65)47(49(64)36(4)71-51)56-52(66)69-25-26-75(6,7)8)30-43-46-44(73-53(67)55-46)32-54(68-5,74-43)31-39(59)28-42(61)41(60)24-23-37(57)27-38(58)29-45(62)70-35(3)34(2)48(33)63/h9-22,33-44,46-51,57-61,63-65H,23-32H2,1-8H3,(H,55,67)(H,56,66)/b10-9+,13-11+,14-12+,17-15+,18-16+,21-19+,22-20+. The smallest absolute Gasteiger partial charge is 0.407 e. The first kappa shape index (κ1) is 63.5. The van der Waals surface area contributed by atoms with Crippen molar-refractivity contribution in [2.24, 2.45) is 11.8 Å². The maximum atomic E-state index is 12.9. The summed E-state index contributed by atoms with van der Waals surface area (Å²) in [5.74, 6) is -3.03. The van der Waals surface area contributed by atoms with E-state index in [0.29, 0.717) is 6.04 Å². The van der Waals surface area contributed by atoms with Crippen LogP contribution in [0.2, 0.25) is 25.7 Å². The van der Waals surface area contributed by atoms with Gasteiger partial charge in [0.05, 0.1) is 80.0 Å². The summed E-state index contributed by atoms with van der Waals surface area (Å²) in [6.45, 7) is 13.4. The summed E-state index contributed by atoms with van der Waals surface area (Å²) >= 11 is 0. The number of rotatable bonds is 7. The van der Waals surface area contributed by atoms with Gasteiger partial charge in [-0.2, -0.15) is 0 Å². The molecule has 3 fully saturated rings. The largest absolute Gasteiger partial charge is 0.462 e. The van der Waals surface area contributed by atoms with Gasteiger partial charge in [0.15, 0.2) is 12.1 Å². The van der Waals surface area contributed by atoms with Crippen LogP contribution in [0.4, 0.5) is 9.59 Å². The van der Waals surface area contributed by atoms with Gasteiger partial charge >= 0.3 is 18.2 Å². The molecule has 75 heavy (non-hydrogen) atoms. The summed E-state index contributed by atoms with van der Waals surface area (Å²) in [6, 6.07) is -1.27. The van der Waals surface area contributed by atoms with Crippen LogP contribution in [0.3, 0.4) is 0 Å². The van der Waals surface area contributed by atoms with E-state index >= 15 is 0 Å². The summed E-state index contributed by atoms with van der Waals surface area (Å²) < 4.78 is 41.5. The molecule has 0 saturated carbocycles. The van der Waals surface area contributed by atoms with Crippen LogP contribution < -0.4 is 10.6 Å². The van der Waals surface area contributed by atoms with Gasteiger partial charge in [-0.1, -0.05) is 119 Å². The topological polar surface area (TPSA) is 302 Å². The molecule has 19 atom stereocenters. The van der Waals surface area contributed by atoms with E-state index in [2.05, 4.69) is 30.3 Å². The predicted octanol–water partition coefficient (Wildman–Crippen LogP) is 3.89. The number of methoxy groups -OCH3 is 1. The van der Waals surface area contributed by atoms with E-state index in [1.165, 1.54) is 7.11 Å². The van der Waals surface area contributed by atoms with E-state index in [0.717, 1.165) is 0 Å². The van der Waals surface area contributed by atoms with E-state index in [9.17, 15) is 55.2 Å². The number of fused-ring (bicyclic) bond motifs is 4. The predicted molar refractivity (Wildman–Crippen MR) is 280 cm³/mol. The van der Waals surface area contributed by atoms with Crippen LogP contribution >= 0.6 is 0 Å². The van der Waals surface area contributed by atoms with E-state index in [4.69, 9.17) is 33.2 Å². The summed E-state index contributed by atoms with van der Waals surface area (Å²) in [5, 5.41) is 93.6. The van der Waals surface area contributed by atoms with Gasteiger partial charge in [-0.05, 0) is 39.2 Å². The second-order valence-electron chi connectivity index (χ2n) is 21.5. The number of hydrogen-bond acceptors (Lipinski definition) is 18. The molecule has 10 N–H and O–H groups in total. The van der Waals surface area contributed by atoms with Crippen LogP contribution in [0.5, 0.6) is 0 Å². The van der Waals surface area contributed by atoms with Gasteiger partial charge in [0.1, 0.15) is 24.4 Å². The molecule has 0 radical (unpaired) electrons. The second-order valence-corrected chi connectivity index (χ2v) is 27.1. The molecule has 2 amide bonds. The molecule has 0 aromatic rings. The van der Waals surface area contributed by atoms with Crippen molar-refractivity contribution in [3.05, 3.63) is 85.1 Å². The van der Waals surface area contributed by atoms with Crippen LogP contribution in [-0.4, -0.2) is 184 Å². The Labute approximate surface area is 442 Å². The van der Waals surface area contributed by atoms with Gasteiger partial charge in [0.25, 0.3) is 0 Å². The number of hydrogen-bond donors (Lipinski definition) is 10. The fraction of sp³-hybridized carbons (Fsp3) is 0.685. The van der Waals surface area contributed by atoms with E-state index < -0.39 is 142 Å². The molecule has 4 aliphatic rings. The van der Waals surface area contributed by atoms with E-state index in [1.807, 2.05) is 61.6 Å². The van der Waals surface area contributed by atoms with Gasteiger partial charge in [-0.25, -0.2) is 9.59 Å². The zero-order chi connectivity index (χ0) is 55.5. The molecule has 19 unspecified atom stereocenters. The van der Waals surface area contributed by atoms with Crippen molar-refractivity contribution in [3.63, 3.8) is 0 Å². The van der Waals surface area contributed by atoms with Crippen molar-refractivity contribution >= 4 is 26.2 Å². The Balaban J connectivity index is 1.59. The maximum absolute atomic E-state index is 12.9. The number of alkyl carbamates (subject to hydrolysis) is 2. The number of nitrogens with one attached hydrogen (secondary N) is 2. The lowest BCUT2D eigenvalue weighted by Gasteiger charge is -2.46. The number of ether oxygens (including phenoxy) is 7. The highest BCUT2D eigenvalue weighted by Crippen LogP contribution is 2.40. The molecule has 21 heteroatoms. The zero-order valence-corrected chi connectivity index (χ0v) is 45.7. The lowest BCUT2D eigenvalue weighted by molar-refractivity contribution is -0.307. The number of carbonyl (C=O) groups excluding carboxylic acids is 3. The first-order chi connectivity index (χ1) is 35.4. The van der Waals surface area contributed by atoms with Gasteiger partial charge in [0, 0.05) is 52.7 Å². The average molecular weight is 1080 g/mol. The molecule has 0 spiro atoms. The monoisotopic (exact) mass is 1080 g/mol. The summed E-state index contributed by atoms with van der Waals surface area (Å²) in [5.41, 5.74) is 0. The van der Waals surface area contributed by atoms with Crippen molar-refractivity contribution in [2.75, 3.05) is 13.7 Å². The number of cyclic esters (lactones) is 1.